The van der Waals surface area contributed by atoms with Crippen molar-refractivity contribution >= 4 is 17.6 Å². The van der Waals surface area contributed by atoms with Crippen molar-refractivity contribution in [3.63, 3.8) is 0 Å². The average molecular weight is 248 g/mol. The van der Waals surface area contributed by atoms with Crippen LogP contribution in [-0.2, 0) is 6.54 Å². The maximum atomic E-state index is 11.8. The van der Waals surface area contributed by atoms with Crippen molar-refractivity contribution in [2.75, 3.05) is 12.3 Å². The number of halogens is 3. The molecule has 4 N–H and O–H groups in total. The Morgan fingerprint density at radius 1 is 1.53 bits per heavy atom. The Bertz CT molecular complexity index is 419. The highest BCUT2D eigenvalue weighted by Gasteiger charge is 2.25. The first-order chi connectivity index (χ1) is 7.90. The predicted octanol–water partition coefficient (Wildman–Crippen LogP) is 0.413. The molecule has 0 saturated heterocycles. The van der Waals surface area contributed by atoms with Crippen LogP contribution in [0.15, 0.2) is 22.5 Å². The average Bonchev–Trinajstić information content (AvgIpc) is 2.60. The van der Waals surface area contributed by atoms with E-state index < -0.39 is 12.7 Å². The number of anilines is 1. The van der Waals surface area contributed by atoms with Crippen LogP contribution in [0.2, 0.25) is 0 Å². The molecular formula is C8H11F3N6. The molecule has 0 radical (unpaired) electrons. The number of hydrazone groups is 1. The smallest absolute Gasteiger partial charge is 0.396 e. The van der Waals surface area contributed by atoms with Gasteiger partial charge in [0, 0.05) is 12.4 Å². The van der Waals surface area contributed by atoms with Gasteiger partial charge < -0.3 is 11.6 Å². The number of nitrogen functional groups attached to an aromatic ring is 1. The summed E-state index contributed by atoms with van der Waals surface area (Å²) >= 11 is 0. The van der Waals surface area contributed by atoms with Gasteiger partial charge in [-0.2, -0.15) is 23.4 Å². The van der Waals surface area contributed by atoms with Gasteiger partial charge in [0.1, 0.15) is 6.54 Å². The van der Waals surface area contributed by atoms with Gasteiger partial charge in [-0.05, 0) is 0 Å². The lowest BCUT2D eigenvalue weighted by Gasteiger charge is -2.02. The number of alkyl halides is 3. The first kappa shape index (κ1) is 13.0. The Morgan fingerprint density at radius 3 is 2.71 bits per heavy atom. The molecule has 0 spiro atoms. The van der Waals surface area contributed by atoms with Crippen LogP contribution in [0, 0.1) is 0 Å². The van der Waals surface area contributed by atoms with E-state index in [0.717, 1.165) is 6.21 Å². The van der Waals surface area contributed by atoms with Crippen molar-refractivity contribution in [3.05, 3.63) is 12.4 Å². The highest BCUT2D eigenvalue weighted by molar-refractivity contribution is 6.30. The van der Waals surface area contributed by atoms with E-state index in [1.165, 1.54) is 17.1 Å². The van der Waals surface area contributed by atoms with Crippen LogP contribution in [0.1, 0.15) is 0 Å². The fourth-order valence-electron chi connectivity index (χ4n) is 1.00. The predicted molar refractivity (Wildman–Crippen MR) is 57.7 cm³/mol. The van der Waals surface area contributed by atoms with Gasteiger partial charge in [-0.25, -0.2) is 0 Å². The molecule has 0 atom stereocenters. The standard InChI is InChI=1S/C8H11F3N6/c9-8(10,11)5-14-2-7(16-13)4-17-3-6(12)1-15-17/h1-3H,4-5,12-13H2/b14-2?,16-7+. The lowest BCUT2D eigenvalue weighted by atomic mass is 10.4. The molecule has 0 aliphatic carbocycles. The first-order valence-electron chi connectivity index (χ1n) is 4.52. The number of nitrogens with zero attached hydrogens (tertiary/aromatic N) is 4. The fourth-order valence-corrected chi connectivity index (χ4v) is 1.00. The van der Waals surface area contributed by atoms with E-state index in [1.807, 2.05) is 0 Å². The summed E-state index contributed by atoms with van der Waals surface area (Å²) in [6, 6.07) is 0. The minimum atomic E-state index is -4.34. The minimum Gasteiger partial charge on any atom is -0.396 e. The molecule has 0 aliphatic rings. The molecule has 0 saturated carbocycles. The van der Waals surface area contributed by atoms with E-state index in [1.54, 1.807) is 0 Å². The zero-order valence-corrected chi connectivity index (χ0v) is 8.72. The molecule has 1 rings (SSSR count). The Morgan fingerprint density at radius 2 is 2.24 bits per heavy atom. The van der Waals surface area contributed by atoms with Gasteiger partial charge in [-0.1, -0.05) is 0 Å². The number of hydrogen-bond donors (Lipinski definition) is 2. The molecule has 94 valence electrons. The van der Waals surface area contributed by atoms with E-state index in [-0.39, 0.29) is 12.3 Å². The van der Waals surface area contributed by atoms with Crippen molar-refractivity contribution in [2.45, 2.75) is 12.7 Å². The first-order valence-corrected chi connectivity index (χ1v) is 4.52. The van der Waals surface area contributed by atoms with Crippen molar-refractivity contribution in [1.82, 2.24) is 9.78 Å². The number of hydrogen-bond acceptors (Lipinski definition) is 5. The monoisotopic (exact) mass is 248 g/mol. The van der Waals surface area contributed by atoms with Crippen LogP contribution in [0.4, 0.5) is 18.9 Å². The van der Waals surface area contributed by atoms with Crippen LogP contribution in [0.25, 0.3) is 0 Å². The molecular weight excluding hydrogens is 237 g/mol. The van der Waals surface area contributed by atoms with Crippen molar-refractivity contribution in [2.24, 2.45) is 15.9 Å². The van der Waals surface area contributed by atoms with Gasteiger partial charge in [0.2, 0.25) is 0 Å². The van der Waals surface area contributed by atoms with Gasteiger partial charge in [0.25, 0.3) is 0 Å². The Balaban J connectivity index is 2.56. The Hall–Kier alpha value is -2.06. The minimum absolute atomic E-state index is 0.106. The van der Waals surface area contributed by atoms with Crippen LogP contribution in [-0.4, -0.2) is 34.4 Å². The fraction of sp³-hybridized carbons (Fsp3) is 0.375. The van der Waals surface area contributed by atoms with Gasteiger partial charge in [-0.15, -0.1) is 0 Å². The lowest BCUT2D eigenvalue weighted by Crippen LogP contribution is -2.17. The quantitative estimate of drug-likeness (QED) is 0.459. The third-order valence-electron chi connectivity index (χ3n) is 1.65. The zero-order chi connectivity index (χ0) is 12.9. The molecule has 17 heavy (non-hydrogen) atoms. The highest BCUT2D eigenvalue weighted by Crippen LogP contribution is 2.13. The molecule has 1 heterocycles. The third-order valence-corrected chi connectivity index (χ3v) is 1.65. The van der Waals surface area contributed by atoms with E-state index >= 15 is 0 Å². The van der Waals surface area contributed by atoms with Gasteiger partial charge in [-0.3, -0.25) is 9.67 Å². The molecule has 1 aromatic rings. The molecule has 0 bridgehead atoms. The second-order valence-electron chi connectivity index (χ2n) is 3.18. The molecule has 0 amide bonds. The summed E-state index contributed by atoms with van der Waals surface area (Å²) in [6.07, 6.45) is -0.471. The van der Waals surface area contributed by atoms with E-state index in [2.05, 4.69) is 15.2 Å². The summed E-state index contributed by atoms with van der Waals surface area (Å²) in [4.78, 5) is 3.18. The second kappa shape index (κ2) is 5.32. The summed E-state index contributed by atoms with van der Waals surface area (Å²) in [7, 11) is 0. The summed E-state index contributed by atoms with van der Waals surface area (Å²) in [5.74, 6) is 5.02. The second-order valence-corrected chi connectivity index (χ2v) is 3.18. The maximum absolute atomic E-state index is 11.8. The van der Waals surface area contributed by atoms with Gasteiger partial charge in [0.15, 0.2) is 0 Å². The van der Waals surface area contributed by atoms with E-state index in [4.69, 9.17) is 11.6 Å². The molecule has 0 unspecified atom stereocenters. The SMILES string of the molecule is N/N=C(\C=NCC(F)(F)F)Cn1cc(N)cn1. The van der Waals surface area contributed by atoms with Gasteiger partial charge in [0.05, 0.1) is 24.1 Å². The van der Waals surface area contributed by atoms with Crippen LogP contribution < -0.4 is 11.6 Å². The lowest BCUT2D eigenvalue weighted by molar-refractivity contribution is -0.118. The maximum Gasteiger partial charge on any atom is 0.407 e. The summed E-state index contributed by atoms with van der Waals surface area (Å²) in [6.45, 7) is -1.16. The van der Waals surface area contributed by atoms with Crippen molar-refractivity contribution < 1.29 is 13.2 Å². The van der Waals surface area contributed by atoms with Crippen LogP contribution in [0.3, 0.4) is 0 Å². The van der Waals surface area contributed by atoms with Crippen molar-refractivity contribution in [3.8, 4) is 0 Å². The third kappa shape index (κ3) is 5.00. The van der Waals surface area contributed by atoms with Crippen LogP contribution in [0.5, 0.6) is 0 Å². The normalized spacial score (nSPS) is 13.5. The molecule has 1 aromatic heterocycles. The Labute approximate surface area is 94.8 Å². The number of aromatic nitrogens is 2. The molecule has 0 aromatic carbocycles. The summed E-state index contributed by atoms with van der Waals surface area (Å²) in [5, 5.41) is 7.14. The van der Waals surface area contributed by atoms with Gasteiger partial charge >= 0.3 is 6.18 Å². The summed E-state index contributed by atoms with van der Waals surface area (Å²) < 4.78 is 36.9. The largest absolute Gasteiger partial charge is 0.407 e. The topological polar surface area (TPSA) is 94.6 Å². The Kier molecular flexibility index (Phi) is 4.07. The van der Waals surface area contributed by atoms with E-state index in [0.29, 0.717) is 5.69 Å². The molecule has 0 aliphatic heterocycles. The molecule has 9 heteroatoms. The van der Waals surface area contributed by atoms with Crippen LogP contribution >= 0.6 is 0 Å². The van der Waals surface area contributed by atoms with Crippen molar-refractivity contribution in [1.29, 1.82) is 0 Å². The molecule has 0 fully saturated rings. The summed E-state index contributed by atoms with van der Waals surface area (Å²) in [5.41, 5.74) is 6.02. The number of aliphatic imine (C=N–C) groups is 1. The molecule has 6 nitrogen and oxygen atoms in total. The highest BCUT2D eigenvalue weighted by atomic mass is 19.4. The zero-order valence-electron chi connectivity index (χ0n) is 8.72. The van der Waals surface area contributed by atoms with E-state index in [9.17, 15) is 13.2 Å². The number of rotatable bonds is 4. The number of nitrogens with two attached hydrogens (primary N) is 2.